The average molecular weight is 397 g/mol. The van der Waals surface area contributed by atoms with Crippen molar-refractivity contribution in [2.75, 3.05) is 19.6 Å². The highest BCUT2D eigenvalue weighted by atomic mass is 16.5. The molecule has 152 valence electrons. The molecule has 3 rings (SSSR count). The molecule has 0 radical (unpaired) electrons. The first kappa shape index (κ1) is 21.8. The van der Waals surface area contributed by atoms with Gasteiger partial charge >= 0.3 is 17.9 Å². The number of carboxylic acids is 2. The predicted octanol–water partition coefficient (Wildman–Crippen LogP) is 2.78. The van der Waals surface area contributed by atoms with Gasteiger partial charge < -0.3 is 14.9 Å². The Balaban J connectivity index is 0.000000438. The van der Waals surface area contributed by atoms with E-state index in [4.69, 9.17) is 24.5 Å². The maximum absolute atomic E-state index is 12.7. The Morgan fingerprint density at radius 1 is 0.966 bits per heavy atom. The Morgan fingerprint density at radius 2 is 1.52 bits per heavy atom. The molecule has 7 nitrogen and oxygen atoms in total. The summed E-state index contributed by atoms with van der Waals surface area (Å²) in [5.41, 5.74) is 2.16. The van der Waals surface area contributed by atoms with Gasteiger partial charge in [0, 0.05) is 13.1 Å². The van der Waals surface area contributed by atoms with Gasteiger partial charge in [-0.2, -0.15) is 0 Å². The summed E-state index contributed by atoms with van der Waals surface area (Å²) in [5, 5.41) is 14.8. The average Bonchev–Trinajstić information content (AvgIpc) is 2.75. The molecule has 2 aromatic rings. The van der Waals surface area contributed by atoms with E-state index < -0.39 is 11.9 Å². The lowest BCUT2D eigenvalue weighted by atomic mass is 9.89. The first-order chi connectivity index (χ1) is 13.9. The van der Waals surface area contributed by atoms with Crippen LogP contribution in [0, 0.1) is 5.92 Å². The summed E-state index contributed by atoms with van der Waals surface area (Å²) in [6.45, 7) is 4.60. The topological polar surface area (TPSA) is 104 Å². The van der Waals surface area contributed by atoms with Crippen molar-refractivity contribution in [3.63, 3.8) is 0 Å². The highest BCUT2D eigenvalue weighted by Crippen LogP contribution is 2.29. The third kappa shape index (κ3) is 6.58. The minimum absolute atomic E-state index is 0.190. The zero-order valence-corrected chi connectivity index (χ0v) is 16.0. The van der Waals surface area contributed by atoms with Crippen molar-refractivity contribution in [3.05, 3.63) is 72.3 Å². The molecule has 0 spiro atoms. The standard InChI is InChI=1S/C20H21NO2.C2H2O4/c1-2-21-14-13-18(16-9-5-3-6-10-16)19(15-21)20(22)23-17-11-7-4-8-12-17;3-1(4)2(5)6/h3-13,19H,2,14-15H2,1H3;(H,3,4)(H,5,6). The number of likely N-dealkylation sites (N-methyl/N-ethyl adjacent to an activating group) is 1. The molecule has 0 saturated carbocycles. The molecule has 1 aliphatic heterocycles. The molecule has 0 aromatic heterocycles. The molecule has 29 heavy (non-hydrogen) atoms. The van der Waals surface area contributed by atoms with E-state index >= 15 is 0 Å². The SMILES string of the molecule is CCN1CC=C(c2ccccc2)C(C(=O)Oc2ccccc2)C1.O=C(O)C(=O)O. The van der Waals surface area contributed by atoms with Gasteiger partial charge in [0.2, 0.25) is 0 Å². The molecule has 1 atom stereocenters. The normalized spacial score (nSPS) is 16.0. The van der Waals surface area contributed by atoms with Crippen molar-refractivity contribution in [3.8, 4) is 5.75 Å². The zero-order valence-electron chi connectivity index (χ0n) is 16.0. The van der Waals surface area contributed by atoms with E-state index in [1.807, 2.05) is 48.5 Å². The number of hydrogen-bond acceptors (Lipinski definition) is 5. The van der Waals surface area contributed by atoms with Gasteiger partial charge in [-0.1, -0.05) is 61.5 Å². The molecular formula is C22H23NO6. The van der Waals surface area contributed by atoms with Crippen LogP contribution in [0.4, 0.5) is 0 Å². The van der Waals surface area contributed by atoms with Crippen LogP contribution >= 0.6 is 0 Å². The lowest BCUT2D eigenvalue weighted by Gasteiger charge is -2.31. The minimum atomic E-state index is -1.82. The molecule has 1 aliphatic rings. The van der Waals surface area contributed by atoms with Crippen LogP contribution < -0.4 is 4.74 Å². The highest BCUT2D eigenvalue weighted by Gasteiger charge is 2.30. The summed E-state index contributed by atoms with van der Waals surface area (Å²) < 4.78 is 5.59. The largest absolute Gasteiger partial charge is 0.473 e. The maximum atomic E-state index is 12.7. The molecule has 7 heteroatoms. The van der Waals surface area contributed by atoms with Gasteiger partial charge in [-0.15, -0.1) is 0 Å². The number of esters is 1. The van der Waals surface area contributed by atoms with Gasteiger partial charge in [-0.3, -0.25) is 9.69 Å². The lowest BCUT2D eigenvalue weighted by molar-refractivity contribution is -0.159. The van der Waals surface area contributed by atoms with Crippen LogP contribution in [0.15, 0.2) is 66.7 Å². The van der Waals surface area contributed by atoms with Crippen LogP contribution in [0.5, 0.6) is 5.75 Å². The second-order valence-corrected chi connectivity index (χ2v) is 6.27. The highest BCUT2D eigenvalue weighted by molar-refractivity contribution is 6.27. The van der Waals surface area contributed by atoms with E-state index in [1.54, 1.807) is 0 Å². The smallest absolute Gasteiger partial charge is 0.414 e. The summed E-state index contributed by atoms with van der Waals surface area (Å²) in [4.78, 5) is 33.2. The molecule has 2 N–H and O–H groups in total. The minimum Gasteiger partial charge on any atom is -0.473 e. The van der Waals surface area contributed by atoms with Gasteiger partial charge in [-0.25, -0.2) is 9.59 Å². The van der Waals surface area contributed by atoms with Crippen molar-refractivity contribution >= 4 is 23.5 Å². The molecule has 0 bridgehead atoms. The van der Waals surface area contributed by atoms with Gasteiger partial charge in [0.15, 0.2) is 0 Å². The molecule has 0 saturated heterocycles. The van der Waals surface area contributed by atoms with Crippen molar-refractivity contribution in [2.45, 2.75) is 6.92 Å². The maximum Gasteiger partial charge on any atom is 0.414 e. The van der Waals surface area contributed by atoms with Crippen LogP contribution in [0.2, 0.25) is 0 Å². The van der Waals surface area contributed by atoms with Crippen molar-refractivity contribution in [1.82, 2.24) is 4.90 Å². The van der Waals surface area contributed by atoms with Crippen LogP contribution in [0.1, 0.15) is 12.5 Å². The summed E-state index contributed by atoms with van der Waals surface area (Å²) in [5.74, 6) is -3.50. The van der Waals surface area contributed by atoms with Crippen LogP contribution in [-0.4, -0.2) is 52.7 Å². The van der Waals surface area contributed by atoms with Crippen molar-refractivity contribution in [1.29, 1.82) is 0 Å². The number of carbonyl (C=O) groups excluding carboxylic acids is 1. The molecule has 0 fully saturated rings. The fourth-order valence-corrected chi connectivity index (χ4v) is 2.89. The predicted molar refractivity (Wildman–Crippen MR) is 107 cm³/mol. The Morgan fingerprint density at radius 3 is 2.03 bits per heavy atom. The summed E-state index contributed by atoms with van der Waals surface area (Å²) in [7, 11) is 0. The number of benzene rings is 2. The molecule has 0 aliphatic carbocycles. The number of carboxylic acid groups (broad SMARTS) is 2. The zero-order chi connectivity index (χ0) is 21.2. The van der Waals surface area contributed by atoms with E-state index in [-0.39, 0.29) is 11.9 Å². The fraction of sp³-hybridized carbons (Fsp3) is 0.227. The molecular weight excluding hydrogens is 374 g/mol. The third-order valence-electron chi connectivity index (χ3n) is 4.37. The Bertz CT molecular complexity index is 851. The Hall–Kier alpha value is -3.45. The monoisotopic (exact) mass is 397 g/mol. The number of rotatable bonds is 4. The number of nitrogens with zero attached hydrogens (tertiary/aromatic N) is 1. The molecule has 2 aromatic carbocycles. The van der Waals surface area contributed by atoms with Crippen LogP contribution in [0.25, 0.3) is 5.57 Å². The van der Waals surface area contributed by atoms with Gasteiger partial charge in [0.25, 0.3) is 0 Å². The second-order valence-electron chi connectivity index (χ2n) is 6.27. The quantitative estimate of drug-likeness (QED) is 0.464. The lowest BCUT2D eigenvalue weighted by Crippen LogP contribution is -2.39. The van der Waals surface area contributed by atoms with Crippen LogP contribution in [-0.2, 0) is 14.4 Å². The first-order valence-electron chi connectivity index (χ1n) is 9.13. The van der Waals surface area contributed by atoms with E-state index in [0.29, 0.717) is 12.3 Å². The molecule has 1 heterocycles. The number of ether oxygens (including phenoxy) is 1. The van der Waals surface area contributed by atoms with Gasteiger partial charge in [-0.05, 0) is 29.8 Å². The van der Waals surface area contributed by atoms with E-state index in [1.165, 1.54) is 0 Å². The number of hydrogen-bond donors (Lipinski definition) is 2. The van der Waals surface area contributed by atoms with Crippen LogP contribution in [0.3, 0.4) is 0 Å². The van der Waals surface area contributed by atoms with Crippen molar-refractivity contribution < 1.29 is 29.3 Å². The second kappa shape index (κ2) is 10.8. The van der Waals surface area contributed by atoms with E-state index in [2.05, 4.69) is 30.0 Å². The Labute approximate surface area is 168 Å². The number of para-hydroxylation sites is 1. The summed E-state index contributed by atoms with van der Waals surface area (Å²) in [6.07, 6.45) is 2.15. The fourth-order valence-electron chi connectivity index (χ4n) is 2.89. The van der Waals surface area contributed by atoms with Gasteiger partial charge in [0.05, 0.1) is 5.92 Å². The third-order valence-corrected chi connectivity index (χ3v) is 4.37. The van der Waals surface area contributed by atoms with Gasteiger partial charge in [0.1, 0.15) is 5.75 Å². The molecule has 0 amide bonds. The molecule has 1 unspecified atom stereocenters. The number of carbonyl (C=O) groups is 3. The Kier molecular flexibility index (Phi) is 8.12. The summed E-state index contributed by atoms with van der Waals surface area (Å²) >= 11 is 0. The summed E-state index contributed by atoms with van der Waals surface area (Å²) in [6, 6.07) is 19.4. The number of aliphatic carboxylic acids is 2. The van der Waals surface area contributed by atoms with E-state index in [9.17, 15) is 4.79 Å². The van der Waals surface area contributed by atoms with E-state index in [0.717, 1.165) is 24.2 Å². The van der Waals surface area contributed by atoms with Crippen molar-refractivity contribution in [2.24, 2.45) is 5.92 Å². The first-order valence-corrected chi connectivity index (χ1v) is 9.13.